The molecule has 0 spiro atoms. The molecule has 0 aliphatic heterocycles. The van der Waals surface area contributed by atoms with Crippen molar-refractivity contribution in [3.8, 4) is 11.5 Å². The van der Waals surface area contributed by atoms with E-state index in [4.69, 9.17) is 14.6 Å². The number of hydrogen-bond acceptors (Lipinski definition) is 6. The zero-order valence-electron chi connectivity index (χ0n) is 11.2. The Morgan fingerprint density at radius 2 is 2.05 bits per heavy atom. The highest BCUT2D eigenvalue weighted by molar-refractivity contribution is 5.98. The first-order valence-corrected chi connectivity index (χ1v) is 5.62. The molecule has 0 aromatic carbocycles. The van der Waals surface area contributed by atoms with Crippen LogP contribution in [0.15, 0.2) is 12.3 Å². The van der Waals surface area contributed by atoms with Gasteiger partial charge in [-0.3, -0.25) is 14.4 Å². The predicted octanol–water partition coefficient (Wildman–Crippen LogP) is 0.218. The van der Waals surface area contributed by atoms with Gasteiger partial charge in [-0.25, -0.2) is 4.98 Å². The number of hydrogen-bond donors (Lipinski definition) is 2. The van der Waals surface area contributed by atoms with E-state index >= 15 is 0 Å². The third-order valence-corrected chi connectivity index (χ3v) is 2.27. The third kappa shape index (κ3) is 3.67. The molecule has 1 aromatic rings. The molecule has 0 fully saturated rings. The monoisotopic (exact) mass is 282 g/mol. The van der Waals surface area contributed by atoms with Gasteiger partial charge in [0.2, 0.25) is 5.75 Å². The molecule has 1 amide bonds. The molecule has 0 saturated heterocycles. The number of amides is 1. The Hall–Kier alpha value is -2.64. The van der Waals surface area contributed by atoms with Crippen molar-refractivity contribution >= 4 is 17.8 Å². The molecule has 0 unspecified atom stereocenters. The second-order valence-electron chi connectivity index (χ2n) is 3.82. The van der Waals surface area contributed by atoms with E-state index in [1.54, 1.807) is 0 Å². The van der Waals surface area contributed by atoms with E-state index in [9.17, 15) is 14.4 Å². The van der Waals surface area contributed by atoms with Gasteiger partial charge >= 0.3 is 11.9 Å². The third-order valence-electron chi connectivity index (χ3n) is 2.27. The summed E-state index contributed by atoms with van der Waals surface area (Å²) >= 11 is 0. The predicted molar refractivity (Wildman–Crippen MR) is 66.7 cm³/mol. The largest absolute Gasteiger partial charge is 0.493 e. The standard InChI is InChI=1S/C12H14N2O6/c1-6(12(17)18)14-11(16)9-10(20-7(2)15)8(19-3)4-5-13-9/h4-6H,1-3H3,(H,14,16)(H,17,18)/t6-/m0/s1. The number of rotatable bonds is 5. The number of aromatic nitrogens is 1. The first-order valence-electron chi connectivity index (χ1n) is 5.62. The topological polar surface area (TPSA) is 115 Å². The number of nitrogens with one attached hydrogen (secondary N) is 1. The molecule has 1 heterocycles. The first kappa shape index (κ1) is 15.4. The van der Waals surface area contributed by atoms with E-state index < -0.39 is 23.9 Å². The lowest BCUT2D eigenvalue weighted by atomic mass is 10.2. The molecule has 1 aromatic heterocycles. The van der Waals surface area contributed by atoms with Gasteiger partial charge in [-0.2, -0.15) is 0 Å². The van der Waals surface area contributed by atoms with Crippen LogP contribution in [0.3, 0.4) is 0 Å². The summed E-state index contributed by atoms with van der Waals surface area (Å²) in [6, 6.07) is 0.302. The van der Waals surface area contributed by atoms with E-state index in [-0.39, 0.29) is 17.2 Å². The van der Waals surface area contributed by atoms with E-state index in [1.807, 2.05) is 0 Å². The summed E-state index contributed by atoms with van der Waals surface area (Å²) in [6.07, 6.45) is 1.28. The quantitative estimate of drug-likeness (QED) is 0.742. The van der Waals surface area contributed by atoms with Gasteiger partial charge in [0.1, 0.15) is 6.04 Å². The normalized spacial score (nSPS) is 11.3. The summed E-state index contributed by atoms with van der Waals surface area (Å²) in [5.41, 5.74) is -0.229. The zero-order chi connectivity index (χ0) is 15.3. The van der Waals surface area contributed by atoms with Gasteiger partial charge < -0.3 is 19.9 Å². The molecule has 108 valence electrons. The minimum absolute atomic E-state index is 0.142. The number of carboxylic acids is 1. The van der Waals surface area contributed by atoms with Crippen molar-refractivity contribution in [1.29, 1.82) is 0 Å². The van der Waals surface area contributed by atoms with Gasteiger partial charge in [-0.1, -0.05) is 0 Å². The van der Waals surface area contributed by atoms with Crippen LogP contribution in [0.5, 0.6) is 11.5 Å². The summed E-state index contributed by atoms with van der Waals surface area (Å²) in [5.74, 6) is -2.65. The molecular formula is C12H14N2O6. The van der Waals surface area contributed by atoms with Crippen LogP contribution in [0.25, 0.3) is 0 Å². The van der Waals surface area contributed by atoms with Crippen molar-refractivity contribution in [2.24, 2.45) is 0 Å². The highest BCUT2D eigenvalue weighted by Gasteiger charge is 2.23. The molecule has 20 heavy (non-hydrogen) atoms. The second kappa shape index (κ2) is 6.50. The molecule has 8 nitrogen and oxygen atoms in total. The maximum absolute atomic E-state index is 11.9. The first-order chi connectivity index (χ1) is 9.36. The molecule has 2 N–H and O–H groups in total. The van der Waals surface area contributed by atoms with E-state index in [0.29, 0.717) is 0 Å². The average Bonchev–Trinajstić information content (AvgIpc) is 2.37. The van der Waals surface area contributed by atoms with Gasteiger partial charge in [0.15, 0.2) is 11.4 Å². The van der Waals surface area contributed by atoms with Crippen molar-refractivity contribution in [3.63, 3.8) is 0 Å². The second-order valence-corrected chi connectivity index (χ2v) is 3.82. The van der Waals surface area contributed by atoms with Crippen molar-refractivity contribution in [3.05, 3.63) is 18.0 Å². The highest BCUT2D eigenvalue weighted by atomic mass is 16.6. The van der Waals surface area contributed by atoms with Crippen molar-refractivity contribution in [2.75, 3.05) is 7.11 Å². The minimum Gasteiger partial charge on any atom is -0.493 e. The fourth-order valence-corrected chi connectivity index (χ4v) is 1.32. The maximum atomic E-state index is 11.9. The Labute approximate surface area is 114 Å². The van der Waals surface area contributed by atoms with Crippen LogP contribution in [0.4, 0.5) is 0 Å². The smallest absolute Gasteiger partial charge is 0.325 e. The zero-order valence-corrected chi connectivity index (χ0v) is 11.2. The summed E-state index contributed by atoms with van der Waals surface area (Å²) in [7, 11) is 1.34. The molecular weight excluding hydrogens is 268 g/mol. The Bertz CT molecular complexity index is 543. The Morgan fingerprint density at radius 3 is 2.55 bits per heavy atom. The Morgan fingerprint density at radius 1 is 1.40 bits per heavy atom. The fraction of sp³-hybridized carbons (Fsp3) is 0.333. The number of esters is 1. The van der Waals surface area contributed by atoms with Crippen LogP contribution >= 0.6 is 0 Å². The lowest BCUT2D eigenvalue weighted by molar-refractivity contribution is -0.138. The number of carboxylic acid groups (broad SMARTS) is 1. The number of carbonyl (C=O) groups is 3. The van der Waals surface area contributed by atoms with Gasteiger partial charge in [0.05, 0.1) is 7.11 Å². The van der Waals surface area contributed by atoms with Crippen LogP contribution in [-0.4, -0.2) is 41.1 Å². The average molecular weight is 282 g/mol. The van der Waals surface area contributed by atoms with Crippen LogP contribution < -0.4 is 14.8 Å². The molecule has 0 bridgehead atoms. The van der Waals surface area contributed by atoms with E-state index in [1.165, 1.54) is 26.3 Å². The van der Waals surface area contributed by atoms with Crippen LogP contribution in [0, 0.1) is 0 Å². The lowest BCUT2D eigenvalue weighted by Crippen LogP contribution is -2.38. The molecule has 0 aliphatic carbocycles. The summed E-state index contributed by atoms with van der Waals surface area (Å²) in [5, 5.41) is 11.0. The number of methoxy groups -OCH3 is 1. The number of nitrogens with zero attached hydrogens (tertiary/aromatic N) is 1. The molecule has 1 rings (SSSR count). The Kier molecular flexibility index (Phi) is 5.01. The lowest BCUT2D eigenvalue weighted by Gasteiger charge is -2.13. The molecule has 0 aliphatic rings. The van der Waals surface area contributed by atoms with Gasteiger partial charge in [0.25, 0.3) is 5.91 Å². The number of carbonyl (C=O) groups excluding carboxylic acids is 2. The molecule has 8 heteroatoms. The Balaban J connectivity index is 3.13. The fourth-order valence-electron chi connectivity index (χ4n) is 1.32. The SMILES string of the molecule is COc1ccnc(C(=O)N[C@@H](C)C(=O)O)c1OC(C)=O. The van der Waals surface area contributed by atoms with Crippen molar-refractivity contribution < 1.29 is 29.0 Å². The van der Waals surface area contributed by atoms with Crippen molar-refractivity contribution in [2.45, 2.75) is 19.9 Å². The van der Waals surface area contributed by atoms with E-state index in [0.717, 1.165) is 6.92 Å². The molecule has 1 atom stereocenters. The van der Waals surface area contributed by atoms with Gasteiger partial charge in [-0.05, 0) is 6.92 Å². The minimum atomic E-state index is -1.20. The number of aliphatic carboxylic acids is 1. The van der Waals surface area contributed by atoms with Crippen LogP contribution in [0.2, 0.25) is 0 Å². The molecule has 0 radical (unpaired) electrons. The highest BCUT2D eigenvalue weighted by Crippen LogP contribution is 2.29. The van der Waals surface area contributed by atoms with Gasteiger partial charge in [0, 0.05) is 19.2 Å². The summed E-state index contributed by atoms with van der Waals surface area (Å²) < 4.78 is 9.87. The summed E-state index contributed by atoms with van der Waals surface area (Å²) in [6.45, 7) is 2.46. The maximum Gasteiger partial charge on any atom is 0.325 e. The van der Waals surface area contributed by atoms with Crippen LogP contribution in [0.1, 0.15) is 24.3 Å². The number of ether oxygens (including phenoxy) is 2. The number of pyridine rings is 1. The summed E-state index contributed by atoms with van der Waals surface area (Å²) in [4.78, 5) is 37.5. The van der Waals surface area contributed by atoms with E-state index in [2.05, 4.69) is 10.3 Å². The van der Waals surface area contributed by atoms with Crippen LogP contribution in [-0.2, 0) is 9.59 Å². The molecule has 0 saturated carbocycles. The van der Waals surface area contributed by atoms with Gasteiger partial charge in [-0.15, -0.1) is 0 Å². The van der Waals surface area contributed by atoms with Crippen molar-refractivity contribution in [1.82, 2.24) is 10.3 Å².